The number of anilines is 1. The number of methoxy groups -OCH3 is 3. The summed E-state index contributed by atoms with van der Waals surface area (Å²) in [5.41, 5.74) is 5.46. The Labute approximate surface area is 251 Å². The first-order chi connectivity index (χ1) is 19.7. The summed E-state index contributed by atoms with van der Waals surface area (Å²) in [5.74, 6) is -0.0895. The lowest BCUT2D eigenvalue weighted by Crippen LogP contribution is -2.38. The van der Waals surface area contributed by atoms with Gasteiger partial charge < -0.3 is 29.6 Å². The zero-order valence-corrected chi connectivity index (χ0v) is 25.2. The summed E-state index contributed by atoms with van der Waals surface area (Å²) in [6.07, 6.45) is 1.86. The molecule has 11 nitrogen and oxygen atoms in total. The predicted octanol–water partition coefficient (Wildman–Crippen LogP) is 3.45. The summed E-state index contributed by atoms with van der Waals surface area (Å²) >= 11 is 2.05. The molecule has 12 heteroatoms. The number of carbonyl (C=O) groups excluding carboxylic acids is 3. The highest BCUT2D eigenvalue weighted by Gasteiger charge is 2.15. The second-order valence-corrected chi connectivity index (χ2v) is 9.79. The average Bonchev–Trinajstić information content (AvgIpc) is 2.97. The normalized spacial score (nSPS) is 10.6. The summed E-state index contributed by atoms with van der Waals surface area (Å²) < 4.78 is 22.3. The van der Waals surface area contributed by atoms with E-state index in [9.17, 15) is 14.4 Å². The van der Waals surface area contributed by atoms with Gasteiger partial charge in [-0.25, -0.2) is 5.43 Å². The van der Waals surface area contributed by atoms with Crippen LogP contribution in [-0.4, -0.2) is 58.4 Å². The molecule has 0 saturated carbocycles. The predicted molar refractivity (Wildman–Crippen MR) is 163 cm³/mol. The van der Waals surface area contributed by atoms with Crippen LogP contribution >= 0.6 is 22.6 Å². The number of hydrogen-bond donors (Lipinski definition) is 3. The van der Waals surface area contributed by atoms with Gasteiger partial charge in [0.05, 0.1) is 31.1 Å². The third-order valence-corrected chi connectivity index (χ3v) is 6.47. The Morgan fingerprint density at radius 2 is 1.59 bits per heavy atom. The number of hydrogen-bond acceptors (Lipinski definition) is 8. The largest absolute Gasteiger partial charge is 0.493 e. The fourth-order valence-corrected chi connectivity index (χ4v) is 4.36. The van der Waals surface area contributed by atoms with E-state index in [1.165, 1.54) is 13.3 Å². The van der Waals surface area contributed by atoms with Crippen molar-refractivity contribution in [3.63, 3.8) is 0 Å². The van der Waals surface area contributed by atoms with Gasteiger partial charge in [-0.15, -0.1) is 0 Å². The molecule has 3 rings (SSSR count). The van der Waals surface area contributed by atoms with Crippen molar-refractivity contribution in [3.8, 4) is 23.0 Å². The van der Waals surface area contributed by atoms with E-state index in [1.807, 2.05) is 65.9 Å². The van der Waals surface area contributed by atoms with Crippen LogP contribution in [0.25, 0.3) is 0 Å². The monoisotopic (exact) mass is 674 g/mol. The van der Waals surface area contributed by atoms with Gasteiger partial charge in [-0.05, 0) is 83.5 Å². The summed E-state index contributed by atoms with van der Waals surface area (Å²) in [5, 5.41) is 9.19. The van der Waals surface area contributed by atoms with Crippen molar-refractivity contribution in [2.75, 3.05) is 39.8 Å². The number of rotatable bonds is 12. The van der Waals surface area contributed by atoms with Crippen LogP contribution in [-0.2, 0) is 20.8 Å². The van der Waals surface area contributed by atoms with Gasteiger partial charge in [0.15, 0.2) is 29.6 Å². The molecule has 0 saturated heterocycles. The van der Waals surface area contributed by atoms with Gasteiger partial charge in [-0.3, -0.25) is 14.4 Å². The molecule has 0 aliphatic rings. The molecular weight excluding hydrogens is 643 g/mol. The molecule has 0 unspecified atom stereocenters. The average molecular weight is 674 g/mol. The quantitative estimate of drug-likeness (QED) is 0.116. The van der Waals surface area contributed by atoms with Crippen molar-refractivity contribution in [1.29, 1.82) is 0 Å². The molecule has 0 fully saturated rings. The third kappa shape index (κ3) is 9.38. The molecule has 0 aliphatic carbocycles. The van der Waals surface area contributed by atoms with Crippen molar-refractivity contribution in [1.82, 2.24) is 10.7 Å². The van der Waals surface area contributed by atoms with Gasteiger partial charge in [0.2, 0.25) is 0 Å². The van der Waals surface area contributed by atoms with Crippen molar-refractivity contribution in [3.05, 3.63) is 74.9 Å². The second kappa shape index (κ2) is 15.5. The fourth-order valence-electron chi connectivity index (χ4n) is 3.58. The highest BCUT2D eigenvalue weighted by Crippen LogP contribution is 2.33. The Hall–Kier alpha value is -4.33. The van der Waals surface area contributed by atoms with Crippen LogP contribution in [0.4, 0.5) is 5.69 Å². The highest BCUT2D eigenvalue weighted by molar-refractivity contribution is 14.1. The molecule has 0 heterocycles. The van der Waals surface area contributed by atoms with Crippen LogP contribution in [0.3, 0.4) is 0 Å². The lowest BCUT2D eigenvalue weighted by Gasteiger charge is -2.13. The first-order valence-electron chi connectivity index (χ1n) is 12.4. The first-order valence-corrected chi connectivity index (χ1v) is 13.5. The molecule has 0 spiro atoms. The van der Waals surface area contributed by atoms with Gasteiger partial charge in [0.25, 0.3) is 5.91 Å². The van der Waals surface area contributed by atoms with E-state index in [4.69, 9.17) is 18.9 Å². The van der Waals surface area contributed by atoms with Crippen molar-refractivity contribution < 1.29 is 33.3 Å². The fraction of sp³-hybridized carbons (Fsp3) is 0.241. The minimum absolute atomic E-state index is 0.217. The number of amides is 3. The standard InChI is InChI=1S/C29H31IN4O7/c1-18-5-8-21(9-6-18)33-26(35)17-41-27-22(30)13-20(15-25(27)40-4)16-32-34-29(37)28(36)31-12-11-19-7-10-23(38-2)24(14-19)39-3/h5-10,13-16H,11-12,17H2,1-4H3,(H,31,36)(H,33,35)(H,34,37)/b32-16-. The smallest absolute Gasteiger partial charge is 0.329 e. The molecule has 0 atom stereocenters. The minimum atomic E-state index is -0.908. The van der Waals surface area contributed by atoms with E-state index in [0.717, 1.165) is 11.1 Å². The van der Waals surface area contributed by atoms with Crippen LogP contribution in [0.2, 0.25) is 0 Å². The van der Waals surface area contributed by atoms with E-state index in [1.54, 1.807) is 32.4 Å². The molecule has 0 bridgehead atoms. The van der Waals surface area contributed by atoms with Crippen LogP contribution in [0.15, 0.2) is 59.7 Å². The molecule has 0 aromatic heterocycles. The van der Waals surface area contributed by atoms with E-state index in [2.05, 4.69) is 21.2 Å². The Morgan fingerprint density at radius 1 is 0.878 bits per heavy atom. The second-order valence-electron chi connectivity index (χ2n) is 8.63. The maximum atomic E-state index is 12.3. The van der Waals surface area contributed by atoms with Gasteiger partial charge >= 0.3 is 11.8 Å². The lowest BCUT2D eigenvalue weighted by atomic mass is 10.1. The Morgan fingerprint density at radius 3 is 2.27 bits per heavy atom. The van der Waals surface area contributed by atoms with E-state index >= 15 is 0 Å². The highest BCUT2D eigenvalue weighted by atomic mass is 127. The zero-order valence-electron chi connectivity index (χ0n) is 23.1. The molecule has 3 amide bonds. The lowest BCUT2D eigenvalue weighted by molar-refractivity contribution is -0.139. The van der Waals surface area contributed by atoms with Gasteiger partial charge in [0.1, 0.15) is 0 Å². The SMILES string of the molecule is COc1ccc(CCNC(=O)C(=O)N/N=C\c2cc(I)c(OCC(=O)Nc3ccc(C)cc3)c(OC)c2)cc1OC. The number of nitrogens with zero attached hydrogens (tertiary/aromatic N) is 1. The Bertz CT molecular complexity index is 1410. The number of carbonyl (C=O) groups is 3. The maximum Gasteiger partial charge on any atom is 0.329 e. The zero-order chi connectivity index (χ0) is 29.8. The topological polar surface area (TPSA) is 137 Å². The molecule has 41 heavy (non-hydrogen) atoms. The Kier molecular flexibility index (Phi) is 11.8. The van der Waals surface area contributed by atoms with Gasteiger partial charge in [-0.2, -0.15) is 5.10 Å². The minimum Gasteiger partial charge on any atom is -0.493 e. The molecule has 216 valence electrons. The molecule has 3 N–H and O–H groups in total. The van der Waals surface area contributed by atoms with Crippen molar-refractivity contribution >= 4 is 52.2 Å². The van der Waals surface area contributed by atoms with E-state index in [0.29, 0.717) is 44.2 Å². The Balaban J connectivity index is 1.49. The third-order valence-electron chi connectivity index (χ3n) is 5.67. The van der Waals surface area contributed by atoms with Crippen LogP contribution < -0.4 is 35.0 Å². The number of hydrazone groups is 1. The van der Waals surface area contributed by atoms with Gasteiger partial charge in [-0.1, -0.05) is 23.8 Å². The number of aryl methyl sites for hydroxylation is 1. The number of ether oxygens (including phenoxy) is 4. The van der Waals surface area contributed by atoms with Crippen LogP contribution in [0.1, 0.15) is 16.7 Å². The summed E-state index contributed by atoms with van der Waals surface area (Å²) in [6, 6.07) is 16.2. The summed E-state index contributed by atoms with van der Waals surface area (Å²) in [6.45, 7) is 1.99. The summed E-state index contributed by atoms with van der Waals surface area (Å²) in [4.78, 5) is 36.6. The number of benzene rings is 3. The molecule has 0 radical (unpaired) electrons. The molecule has 3 aromatic carbocycles. The number of halogens is 1. The number of nitrogens with one attached hydrogen (secondary N) is 3. The molecule has 3 aromatic rings. The van der Waals surface area contributed by atoms with Crippen molar-refractivity contribution in [2.45, 2.75) is 13.3 Å². The summed E-state index contributed by atoms with van der Waals surface area (Å²) in [7, 11) is 4.57. The first kappa shape index (κ1) is 31.2. The molecule has 0 aliphatic heterocycles. The van der Waals surface area contributed by atoms with Crippen LogP contribution in [0, 0.1) is 10.5 Å². The van der Waals surface area contributed by atoms with Gasteiger partial charge in [0, 0.05) is 12.2 Å². The molecular formula is C29H31IN4O7. The van der Waals surface area contributed by atoms with Crippen molar-refractivity contribution in [2.24, 2.45) is 5.10 Å². The van der Waals surface area contributed by atoms with E-state index in [-0.39, 0.29) is 19.1 Å². The van der Waals surface area contributed by atoms with E-state index < -0.39 is 11.8 Å². The maximum absolute atomic E-state index is 12.3. The van der Waals surface area contributed by atoms with Crippen LogP contribution in [0.5, 0.6) is 23.0 Å².